The number of carbonyl (C=O) groups is 5. The molecule has 37 heteroatoms. The summed E-state index contributed by atoms with van der Waals surface area (Å²) in [5.74, 6) is -3.61. The Morgan fingerprint density at radius 2 is 1.02 bits per heavy atom. The maximum absolute atomic E-state index is 14.4. The Bertz CT molecular complexity index is 4130. The summed E-state index contributed by atoms with van der Waals surface area (Å²) in [6.45, 7) is 28.0. The van der Waals surface area contributed by atoms with Crippen molar-refractivity contribution >= 4 is 141 Å². The number of ketones is 3. The molecule has 0 spiro atoms. The first-order chi connectivity index (χ1) is 56.3. The van der Waals surface area contributed by atoms with E-state index in [0.29, 0.717) is 53.8 Å². The third kappa shape index (κ3) is 26.8. The van der Waals surface area contributed by atoms with Crippen molar-refractivity contribution in [1.82, 2.24) is 19.8 Å². The van der Waals surface area contributed by atoms with Crippen LogP contribution < -0.4 is 17.4 Å². The molecule has 0 saturated carbocycles. The number of likely N-dealkylation sites (N-methyl/N-ethyl adjacent to an activating group) is 2. The number of ether oxygens (including phenoxy) is 11. The fraction of sp³-hybridized carbons (Fsp3) is 0.738. The van der Waals surface area contributed by atoms with E-state index in [1.165, 1.54) is 13.8 Å². The van der Waals surface area contributed by atoms with Gasteiger partial charge in [-0.05, 0) is 169 Å². The topological polar surface area (TPSA) is 440 Å². The Morgan fingerprint density at radius 1 is 0.603 bits per heavy atom. The summed E-state index contributed by atoms with van der Waals surface area (Å²) in [7, 11) is 12.7. The number of aliphatic imine (C=N–C) groups is 2. The van der Waals surface area contributed by atoms with Crippen LogP contribution in [0.15, 0.2) is 60.4 Å². The quantitative estimate of drug-likeness (QED) is 0.0295. The van der Waals surface area contributed by atoms with Gasteiger partial charge in [-0.1, -0.05) is 80.1 Å². The van der Waals surface area contributed by atoms with Crippen LogP contribution in [-0.4, -0.2) is 265 Å². The first kappa shape index (κ1) is 106. The molecule has 4 bridgehead atoms. The number of oxime groups is 1. The van der Waals surface area contributed by atoms with Gasteiger partial charge in [0.05, 0.1) is 67.6 Å². The first-order valence-corrected chi connectivity index (χ1v) is 54.4. The number of Topliss-reactive ketones (excluding diaryl/α,β-unsaturated/α-hetero) is 3. The predicted octanol–water partition coefficient (Wildman–Crippen LogP) is 10.9. The number of hydrogen-bond donors (Lipinski definition) is 6. The molecule has 9 N–H and O–H groups in total. The number of cyclic esters (lactones) is 2. The molecule has 121 heavy (non-hydrogen) atoms. The molecule has 6 saturated heterocycles. The van der Waals surface area contributed by atoms with E-state index in [-0.39, 0.29) is 119 Å². The van der Waals surface area contributed by atoms with E-state index in [2.05, 4.69) is 89.8 Å². The second-order valence-corrected chi connectivity index (χ2v) is 69.2. The molecule has 8 heterocycles. The van der Waals surface area contributed by atoms with Gasteiger partial charge in [0.15, 0.2) is 41.1 Å². The number of aliphatic hydroxyl groups excluding tert-OH is 1. The SMILES string of the molecule is C.CC[C@H]1OC(=O)[C@H](C)C(=O)[C@H](C)[C@@H](O[C@@H]2O[C@H](C)C[C@H](N(C)C)[C@H]2O)[C@@]2(C)C[C@@H](C)C(=NC)[C@H](C)[C@@H](OCC(=NOCc3ccc4oc(N)nc4c3)CO2)[C@]1(C)O.CC[C@H]1OC(=O)[C@H](C)C(=O)[C@H](C)[C@@H](O[C@@H]2O[C@H](C)C[C@H](N(C)C)[C@H]2OC)[C@@]2(C)C[C@@H](C)C(=NC)[C@H](C)[C@@H](OCC(=O)CO2)[C@]1(C)O.NOCc1ccc2oc(N)nc2c1.[I][V]([I])[I]. The third-order valence-corrected chi connectivity index (χ3v) is 24.0. The summed E-state index contributed by atoms with van der Waals surface area (Å²) in [5.41, 5.74) is 11.1. The fourth-order valence-electron chi connectivity index (χ4n) is 17.9. The van der Waals surface area contributed by atoms with Crippen LogP contribution in [0.5, 0.6) is 0 Å². The van der Waals surface area contributed by atoms with Crippen LogP contribution in [0.4, 0.5) is 12.0 Å². The minimum absolute atomic E-state index is 0. The number of oxazole rings is 2. The molecule has 684 valence electrons. The maximum atomic E-state index is 14.4. The van der Waals surface area contributed by atoms with Gasteiger partial charge in [0, 0.05) is 68.4 Å². The van der Waals surface area contributed by atoms with Crippen LogP contribution in [0.2, 0.25) is 0 Å². The van der Waals surface area contributed by atoms with E-state index in [9.17, 15) is 39.3 Å². The second-order valence-electron chi connectivity index (χ2n) is 33.8. The third-order valence-electron chi connectivity index (χ3n) is 24.0. The van der Waals surface area contributed by atoms with Crippen LogP contribution in [0, 0.1) is 47.3 Å². The Kier molecular flexibility index (Phi) is 40.8. The molecular weight excluding hydrogens is 1950 g/mol. The number of nitrogens with zero attached hydrogens (tertiary/aromatic N) is 7. The van der Waals surface area contributed by atoms with E-state index in [0.717, 1.165) is 22.6 Å². The molecule has 0 radical (unpaired) electrons. The van der Waals surface area contributed by atoms with Gasteiger partial charge >= 0.3 is 76.8 Å². The predicted molar refractivity (Wildman–Crippen MR) is 480 cm³/mol. The van der Waals surface area contributed by atoms with E-state index in [4.69, 9.17) is 88.1 Å². The van der Waals surface area contributed by atoms with Gasteiger partial charge in [-0.2, -0.15) is 9.97 Å². The zero-order valence-electron chi connectivity index (χ0n) is 73.6. The van der Waals surface area contributed by atoms with Gasteiger partial charge in [0.1, 0.15) is 84.0 Å². The molecule has 2 aromatic heterocycles. The number of fused-ring (bicyclic) bond motifs is 12. The molecule has 2 aromatic carbocycles. The van der Waals surface area contributed by atoms with Crippen LogP contribution in [0.1, 0.15) is 168 Å². The van der Waals surface area contributed by atoms with Crippen LogP contribution in [0.3, 0.4) is 0 Å². The first-order valence-electron chi connectivity index (χ1n) is 40.9. The van der Waals surface area contributed by atoms with Crippen LogP contribution in [-0.2, 0) is 104 Å². The summed E-state index contributed by atoms with van der Waals surface area (Å²) in [6, 6.07) is 10.7. The molecule has 6 aliphatic heterocycles. The number of anilines is 2. The van der Waals surface area contributed by atoms with Crippen molar-refractivity contribution in [3.8, 4) is 0 Å². The van der Waals surface area contributed by atoms with Crippen molar-refractivity contribution in [2.75, 3.05) is 87.3 Å². The number of hydrogen-bond acceptors (Lipinski definition) is 33. The van der Waals surface area contributed by atoms with E-state index in [1.54, 1.807) is 80.9 Å². The monoisotopic (exact) mass is 2080 g/mol. The second kappa shape index (κ2) is 46.7. The number of aromatic nitrogens is 2. The van der Waals surface area contributed by atoms with Crippen molar-refractivity contribution in [3.05, 3.63) is 47.5 Å². The molecule has 10 rings (SSSR count). The fourth-order valence-corrected chi connectivity index (χ4v) is 17.9. The zero-order chi connectivity index (χ0) is 89.5. The Hall–Kier alpha value is -4.13. The van der Waals surface area contributed by atoms with Crippen molar-refractivity contribution in [2.24, 2.45) is 68.4 Å². The molecule has 4 aromatic rings. The van der Waals surface area contributed by atoms with Gasteiger partial charge in [0.2, 0.25) is 0 Å². The van der Waals surface area contributed by atoms with E-state index in [1.807, 2.05) is 107 Å². The molecule has 6 fully saturated rings. The number of nitrogens with two attached hydrogens (primary N) is 3. The van der Waals surface area contributed by atoms with Gasteiger partial charge in [0.25, 0.3) is 12.0 Å². The van der Waals surface area contributed by atoms with Crippen LogP contribution >= 0.6 is 59.9 Å². The molecule has 0 unspecified atom stereocenters. The summed E-state index contributed by atoms with van der Waals surface area (Å²) in [5, 5.41) is 40.4. The number of methoxy groups -OCH3 is 1. The van der Waals surface area contributed by atoms with Gasteiger partial charge in [-0.3, -0.25) is 38.8 Å². The molecule has 0 aliphatic carbocycles. The van der Waals surface area contributed by atoms with Gasteiger partial charge in [-0.15, -0.1) is 0 Å². The zero-order valence-corrected chi connectivity index (χ0v) is 81.5. The molecule has 26 atom stereocenters. The molecular formula is C84H134I3N10O23V. The minimum atomic E-state index is -1.74. The van der Waals surface area contributed by atoms with Crippen molar-refractivity contribution in [3.63, 3.8) is 0 Å². The average Bonchev–Trinajstić information content (AvgIpc) is 1.62. The number of aliphatic hydroxyl groups is 3. The summed E-state index contributed by atoms with van der Waals surface area (Å²) in [6.07, 6.45) is -7.67. The van der Waals surface area contributed by atoms with E-state index >= 15 is 0 Å². The van der Waals surface area contributed by atoms with Crippen molar-refractivity contribution in [2.45, 2.75) is 278 Å². The average molecular weight is 2080 g/mol. The number of carbonyl (C=O) groups excluding carboxylic acids is 5. The number of nitrogen functional groups attached to an aromatic ring is 2. The number of esters is 2. The van der Waals surface area contributed by atoms with Crippen LogP contribution in [0.25, 0.3) is 22.2 Å². The normalized spacial score (nSPS) is 36.9. The van der Waals surface area contributed by atoms with Gasteiger partial charge in [-0.25, -0.2) is 5.90 Å². The summed E-state index contributed by atoms with van der Waals surface area (Å²) < 4.78 is 80.6. The summed E-state index contributed by atoms with van der Waals surface area (Å²) in [4.78, 5) is 101. The standard InChI is InChI=1S/C41H63N5O11.C34H58N2O10.C8H9N3O2.CH4.3HI.V/c1-12-31-41(8,50)36-23(4)32(43-9)21(2)17-40(7,52-20-27(19-51-36)45-53-18-26-13-14-30-28(16-26)44-39(42)55-30)35(24(5)33(47)25(6)37(49)56-31)57-38-34(48)29(46(10)11)15-22(3)54-38;1-13-25-34(8,40)30-20(4)26(35-9)18(2)15-33(7,43-17-23(37)16-42-30)29(21(5)27(38)22(6)31(39)45-25)46-32-28(41-12)24(36(10)11)14-19(3)44-32;9-8-11-6-3-5(4-12-10)1-2-7(6)13-8;;;;;/h13-14,16,21-25,29,31,34-36,38,48,50H,12,15,17-20H2,1-11H3,(H2,42,44);18-22,24-25,28-30,32,40H,13-17H2,1-12H3;1-3H,4,10H2,(H2,9,11);1H4;3*1H;/q;;;;;;;+3/p-3/t21-,22-,23+,24+,25-,29+,31-,34-,35-,36-,38+,40-,41-;18-,19-,20+,21+,22-,24+,25-,28-,29-,30-,32+,33-,34-;;;;;;/m11....../s1. The Labute approximate surface area is 750 Å². The van der Waals surface area contributed by atoms with Gasteiger partial charge < -0.3 is 102 Å². The van der Waals surface area contributed by atoms with Crippen molar-refractivity contribution < 1.29 is 115 Å². The Morgan fingerprint density at radius 3 is 1.44 bits per heavy atom. The number of halogens is 3. The summed E-state index contributed by atoms with van der Waals surface area (Å²) >= 11 is 7.39. The Balaban J connectivity index is 0.000000315. The number of rotatable bonds is 14. The molecule has 0 amide bonds. The molecule has 33 nitrogen and oxygen atoms in total. The molecule has 6 aliphatic rings. The van der Waals surface area contributed by atoms with Crippen molar-refractivity contribution in [1.29, 1.82) is 0 Å². The van der Waals surface area contributed by atoms with E-state index < -0.39 is 143 Å². The number of benzene rings is 2.